The molecule has 4 rings (SSSR count). The Balaban J connectivity index is 0.00000181. The van der Waals surface area contributed by atoms with Crippen LogP contribution in [0.25, 0.3) is 0 Å². The Hall–Kier alpha value is 0.750. The Bertz CT molecular complexity index is 487. The first-order valence-corrected chi connectivity index (χ1v) is 13.8. The first-order chi connectivity index (χ1) is 14.6. The smallest absolute Gasteiger partial charge is 0.00723 e. The lowest BCUT2D eigenvalue weighted by Gasteiger charge is -2.34. The molecule has 4 saturated carbocycles. The number of fused-ring (bicyclic) bond motifs is 4. The fraction of sp³-hybridized carbons (Fsp3) is 1.00. The molecule has 3 nitrogen and oxygen atoms in total. The quantitative estimate of drug-likeness (QED) is 0.228. The molecule has 4 N–H and O–H groups in total. The molecular weight excluding hydrogens is 473 g/mol. The van der Waals surface area contributed by atoms with Gasteiger partial charge in [0.25, 0.3) is 0 Å². The maximum Gasteiger partial charge on any atom is 0.00723 e. The summed E-state index contributed by atoms with van der Waals surface area (Å²) in [7, 11) is 0. The van der Waals surface area contributed by atoms with Crippen LogP contribution in [-0.2, 0) is 0 Å². The molecule has 0 aromatic rings. The van der Waals surface area contributed by atoms with Crippen LogP contribution >= 0.6 is 37.2 Å². The number of hydrogen-bond donors (Lipinski definition) is 3. The fourth-order valence-corrected chi connectivity index (χ4v) is 8.36. The first-order valence-electron chi connectivity index (χ1n) is 13.8. The second-order valence-corrected chi connectivity index (χ2v) is 12.0. The molecule has 0 aromatic carbocycles. The van der Waals surface area contributed by atoms with E-state index in [1.54, 1.807) is 25.7 Å². The summed E-state index contributed by atoms with van der Waals surface area (Å²) < 4.78 is 0. The third-order valence-corrected chi connectivity index (χ3v) is 9.88. The predicted molar refractivity (Wildman–Crippen MR) is 150 cm³/mol. The molecule has 6 heteroatoms. The van der Waals surface area contributed by atoms with Crippen LogP contribution < -0.4 is 16.4 Å². The van der Waals surface area contributed by atoms with Crippen LogP contribution in [0, 0.1) is 47.3 Å². The van der Waals surface area contributed by atoms with Crippen molar-refractivity contribution in [3.05, 3.63) is 0 Å². The molecule has 8 unspecified atom stereocenters. The van der Waals surface area contributed by atoms with E-state index >= 15 is 0 Å². The van der Waals surface area contributed by atoms with E-state index in [1.165, 1.54) is 51.5 Å². The van der Waals surface area contributed by atoms with Crippen molar-refractivity contribution in [2.24, 2.45) is 53.1 Å². The van der Waals surface area contributed by atoms with E-state index in [4.69, 9.17) is 5.73 Å². The van der Waals surface area contributed by atoms with Gasteiger partial charge in [0.05, 0.1) is 0 Å². The Morgan fingerprint density at radius 3 is 1.64 bits per heavy atom. The van der Waals surface area contributed by atoms with Gasteiger partial charge in [0.1, 0.15) is 0 Å². The SMILES string of the molecule is CC(CC(CC(C)C1CC2CCC1C2)NCCCNCCCN)C1CC2CCC1C2.Cl.Cl.Cl. The van der Waals surface area contributed by atoms with Crippen LogP contribution in [0.1, 0.15) is 90.9 Å². The van der Waals surface area contributed by atoms with E-state index in [-0.39, 0.29) is 37.2 Å². The van der Waals surface area contributed by atoms with Gasteiger partial charge in [-0.25, -0.2) is 0 Å². The molecule has 4 aliphatic carbocycles. The Morgan fingerprint density at radius 2 is 1.21 bits per heavy atom. The van der Waals surface area contributed by atoms with Crippen molar-refractivity contribution >= 4 is 37.2 Å². The van der Waals surface area contributed by atoms with E-state index in [0.717, 1.165) is 79.4 Å². The second-order valence-electron chi connectivity index (χ2n) is 12.0. The number of nitrogens with two attached hydrogens (primary N) is 1. The standard InChI is InChI=1S/C27H51N3.3ClH/c1-19(26-17-21-5-7-23(26)15-21)13-25(30-12-4-11-29-10-3-9-28)14-20(2)27-18-22-6-8-24(27)16-22;;;/h19-27,29-30H,3-18,28H2,1-2H3;3*1H. The van der Waals surface area contributed by atoms with Gasteiger partial charge in [-0.15, -0.1) is 37.2 Å². The predicted octanol–water partition coefficient (Wildman–Crippen LogP) is 6.46. The monoisotopic (exact) mass is 525 g/mol. The number of nitrogens with one attached hydrogen (secondary N) is 2. The van der Waals surface area contributed by atoms with Gasteiger partial charge in [-0.2, -0.15) is 0 Å². The second kappa shape index (κ2) is 15.8. The van der Waals surface area contributed by atoms with Crippen molar-refractivity contribution in [1.82, 2.24) is 10.6 Å². The zero-order valence-electron chi connectivity index (χ0n) is 21.3. The molecule has 0 saturated heterocycles. The summed E-state index contributed by atoms with van der Waals surface area (Å²) in [6, 6.07) is 0.734. The van der Waals surface area contributed by atoms with Gasteiger partial charge in [-0.05, 0) is 138 Å². The van der Waals surface area contributed by atoms with Crippen LogP contribution in [0.5, 0.6) is 0 Å². The van der Waals surface area contributed by atoms with Gasteiger partial charge < -0.3 is 16.4 Å². The highest BCUT2D eigenvalue weighted by Crippen LogP contribution is 2.53. The van der Waals surface area contributed by atoms with Crippen LogP contribution in [0.4, 0.5) is 0 Å². The molecule has 198 valence electrons. The van der Waals surface area contributed by atoms with Crippen molar-refractivity contribution in [3.63, 3.8) is 0 Å². The van der Waals surface area contributed by atoms with Crippen molar-refractivity contribution in [2.75, 3.05) is 26.2 Å². The van der Waals surface area contributed by atoms with E-state index in [0.29, 0.717) is 0 Å². The topological polar surface area (TPSA) is 50.1 Å². The van der Waals surface area contributed by atoms with Gasteiger partial charge in [0, 0.05) is 6.04 Å². The third-order valence-electron chi connectivity index (χ3n) is 9.88. The van der Waals surface area contributed by atoms with Crippen molar-refractivity contribution in [3.8, 4) is 0 Å². The normalized spacial score (nSPS) is 34.3. The molecular formula is C27H54Cl3N3. The van der Waals surface area contributed by atoms with Gasteiger partial charge in [0.2, 0.25) is 0 Å². The van der Waals surface area contributed by atoms with Crippen LogP contribution in [0.3, 0.4) is 0 Å². The lowest BCUT2D eigenvalue weighted by atomic mass is 9.74. The fourth-order valence-electron chi connectivity index (χ4n) is 8.36. The average Bonchev–Trinajstić information content (AvgIpc) is 3.54. The van der Waals surface area contributed by atoms with Crippen molar-refractivity contribution < 1.29 is 0 Å². The highest BCUT2D eigenvalue weighted by atomic mass is 35.5. The molecule has 0 amide bonds. The number of hydrogen-bond acceptors (Lipinski definition) is 3. The zero-order valence-corrected chi connectivity index (χ0v) is 23.8. The molecule has 0 aliphatic heterocycles. The summed E-state index contributed by atoms with van der Waals surface area (Å²) in [4.78, 5) is 0. The van der Waals surface area contributed by atoms with Gasteiger partial charge in [-0.1, -0.05) is 26.7 Å². The average molecular weight is 527 g/mol. The number of rotatable bonds is 14. The molecule has 4 bridgehead atoms. The Morgan fingerprint density at radius 1 is 0.697 bits per heavy atom. The maximum absolute atomic E-state index is 5.60. The molecule has 0 aromatic heterocycles. The van der Waals surface area contributed by atoms with Crippen molar-refractivity contribution in [1.29, 1.82) is 0 Å². The Kier molecular flexibility index (Phi) is 15.2. The van der Waals surface area contributed by atoms with Crippen LogP contribution in [0.2, 0.25) is 0 Å². The summed E-state index contributed by atoms with van der Waals surface area (Å²) >= 11 is 0. The molecule has 0 spiro atoms. The lowest BCUT2D eigenvalue weighted by molar-refractivity contribution is 0.179. The molecule has 8 atom stereocenters. The van der Waals surface area contributed by atoms with E-state index in [2.05, 4.69) is 24.5 Å². The van der Waals surface area contributed by atoms with Crippen LogP contribution in [-0.4, -0.2) is 32.2 Å². The summed E-state index contributed by atoms with van der Waals surface area (Å²) in [6.07, 6.45) is 17.5. The highest BCUT2D eigenvalue weighted by Gasteiger charge is 2.44. The molecule has 4 fully saturated rings. The summed E-state index contributed by atoms with van der Waals surface area (Å²) in [5.74, 6) is 8.19. The Labute approximate surface area is 223 Å². The lowest BCUT2D eigenvalue weighted by Crippen LogP contribution is -2.37. The zero-order chi connectivity index (χ0) is 20.9. The minimum Gasteiger partial charge on any atom is -0.330 e. The van der Waals surface area contributed by atoms with E-state index in [1.807, 2.05) is 0 Å². The molecule has 33 heavy (non-hydrogen) atoms. The molecule has 0 heterocycles. The largest absolute Gasteiger partial charge is 0.330 e. The van der Waals surface area contributed by atoms with E-state index in [9.17, 15) is 0 Å². The minimum absolute atomic E-state index is 0. The van der Waals surface area contributed by atoms with Gasteiger partial charge in [0.15, 0.2) is 0 Å². The van der Waals surface area contributed by atoms with Crippen LogP contribution in [0.15, 0.2) is 0 Å². The molecule has 4 aliphatic rings. The summed E-state index contributed by atoms with van der Waals surface area (Å²) in [5.41, 5.74) is 5.60. The third kappa shape index (κ3) is 8.67. The van der Waals surface area contributed by atoms with E-state index < -0.39 is 0 Å². The summed E-state index contributed by atoms with van der Waals surface area (Å²) in [5, 5.41) is 7.59. The summed E-state index contributed by atoms with van der Waals surface area (Å²) in [6.45, 7) is 9.36. The highest BCUT2D eigenvalue weighted by molar-refractivity contribution is 5.86. The van der Waals surface area contributed by atoms with Gasteiger partial charge >= 0.3 is 0 Å². The van der Waals surface area contributed by atoms with Crippen molar-refractivity contribution in [2.45, 2.75) is 96.9 Å². The minimum atomic E-state index is 0. The number of halogens is 3. The first kappa shape index (κ1) is 31.8. The molecule has 0 radical (unpaired) electrons. The van der Waals surface area contributed by atoms with Gasteiger partial charge in [-0.3, -0.25) is 0 Å². The maximum atomic E-state index is 5.60.